The van der Waals surface area contributed by atoms with Gasteiger partial charge in [0.2, 0.25) is 0 Å². The van der Waals surface area contributed by atoms with E-state index in [2.05, 4.69) is 0 Å². The van der Waals surface area contributed by atoms with Crippen LogP contribution in [-0.4, -0.2) is 49.2 Å². The average molecular weight is 353 g/mol. The van der Waals surface area contributed by atoms with Crippen LogP contribution < -0.4 is 4.74 Å². The monoisotopic (exact) mass is 353 g/mol. The molecule has 0 unspecified atom stereocenters. The highest BCUT2D eigenvalue weighted by molar-refractivity contribution is 6.21. The number of methoxy groups -OCH3 is 1. The number of hydrogen-bond acceptors (Lipinski definition) is 6. The number of rotatable bonds is 5. The molecule has 0 saturated heterocycles. The van der Waals surface area contributed by atoms with Crippen molar-refractivity contribution in [1.82, 2.24) is 4.90 Å². The van der Waals surface area contributed by atoms with Crippen LogP contribution in [0.25, 0.3) is 0 Å². The van der Waals surface area contributed by atoms with Crippen molar-refractivity contribution in [3.8, 4) is 5.75 Å². The Bertz CT molecular complexity index is 916. The van der Waals surface area contributed by atoms with Gasteiger partial charge in [0.15, 0.2) is 12.4 Å². The van der Waals surface area contributed by atoms with Crippen LogP contribution in [0.15, 0.2) is 42.5 Å². The van der Waals surface area contributed by atoms with Crippen molar-refractivity contribution in [2.45, 2.75) is 0 Å². The van der Waals surface area contributed by atoms with Crippen molar-refractivity contribution in [3.05, 3.63) is 64.7 Å². The number of nitrogens with zero attached hydrogens (tertiary/aromatic N) is 1. The van der Waals surface area contributed by atoms with Gasteiger partial charge in [-0.2, -0.15) is 0 Å². The van der Waals surface area contributed by atoms with E-state index in [1.54, 1.807) is 24.3 Å². The number of imide groups is 1. The van der Waals surface area contributed by atoms with E-state index in [4.69, 9.17) is 9.47 Å². The minimum absolute atomic E-state index is 0.0998. The summed E-state index contributed by atoms with van der Waals surface area (Å²) in [6.07, 6.45) is 0. The Morgan fingerprint density at radius 3 is 2.19 bits per heavy atom. The topological polar surface area (TPSA) is 90.0 Å². The number of carbonyl (C=O) groups excluding carboxylic acids is 4. The molecule has 2 aromatic rings. The fourth-order valence-electron chi connectivity index (χ4n) is 2.56. The van der Waals surface area contributed by atoms with Gasteiger partial charge in [-0.1, -0.05) is 0 Å². The number of carbonyl (C=O) groups is 4. The van der Waals surface area contributed by atoms with Gasteiger partial charge in [0, 0.05) is 12.6 Å². The van der Waals surface area contributed by atoms with Gasteiger partial charge in [-0.05, 0) is 42.5 Å². The summed E-state index contributed by atoms with van der Waals surface area (Å²) < 4.78 is 10.0. The minimum Gasteiger partial charge on any atom is -0.497 e. The lowest BCUT2D eigenvalue weighted by molar-refractivity contribution is 0.0474. The predicted octanol–water partition coefficient (Wildman–Crippen LogP) is 1.96. The molecule has 132 valence electrons. The summed E-state index contributed by atoms with van der Waals surface area (Å²) in [7, 11) is 2.89. The summed E-state index contributed by atoms with van der Waals surface area (Å²) in [5, 5.41) is 0. The molecule has 0 fully saturated rings. The Labute approximate surface area is 149 Å². The van der Waals surface area contributed by atoms with Gasteiger partial charge in [0.1, 0.15) is 5.75 Å². The number of Topliss-reactive ketones (excluding diaryl/α,β-unsaturated/α-hetero) is 1. The van der Waals surface area contributed by atoms with E-state index in [0.717, 1.165) is 4.90 Å². The number of ether oxygens (including phenoxy) is 2. The van der Waals surface area contributed by atoms with Crippen LogP contribution >= 0.6 is 0 Å². The summed E-state index contributed by atoms with van der Waals surface area (Å²) in [5.74, 6) is -1.40. The summed E-state index contributed by atoms with van der Waals surface area (Å²) in [5.41, 5.74) is 0.870. The molecule has 0 N–H and O–H groups in total. The quantitative estimate of drug-likeness (QED) is 0.464. The van der Waals surface area contributed by atoms with Crippen molar-refractivity contribution >= 4 is 23.6 Å². The van der Waals surface area contributed by atoms with E-state index in [0.29, 0.717) is 11.3 Å². The minimum atomic E-state index is -0.746. The number of amides is 2. The van der Waals surface area contributed by atoms with E-state index in [9.17, 15) is 19.2 Å². The Hall–Kier alpha value is -3.48. The molecule has 0 aromatic heterocycles. The van der Waals surface area contributed by atoms with Crippen LogP contribution in [0, 0.1) is 0 Å². The van der Waals surface area contributed by atoms with E-state index >= 15 is 0 Å². The number of fused-ring (bicyclic) bond motifs is 1. The normalized spacial score (nSPS) is 12.8. The maximum Gasteiger partial charge on any atom is 0.338 e. The molecule has 1 aliphatic rings. The molecule has 7 nitrogen and oxygen atoms in total. The maximum atomic E-state index is 12.1. The van der Waals surface area contributed by atoms with Crippen molar-refractivity contribution in [2.24, 2.45) is 0 Å². The number of hydrogen-bond donors (Lipinski definition) is 0. The third-order valence-corrected chi connectivity index (χ3v) is 4.07. The van der Waals surface area contributed by atoms with Crippen LogP contribution in [-0.2, 0) is 4.74 Å². The van der Waals surface area contributed by atoms with Gasteiger partial charge in [-0.25, -0.2) is 4.79 Å². The molecular weight excluding hydrogens is 338 g/mol. The molecule has 26 heavy (non-hydrogen) atoms. The van der Waals surface area contributed by atoms with Crippen LogP contribution in [0.4, 0.5) is 0 Å². The Morgan fingerprint density at radius 1 is 0.923 bits per heavy atom. The van der Waals surface area contributed by atoms with Crippen molar-refractivity contribution in [2.75, 3.05) is 20.8 Å². The number of benzene rings is 2. The molecule has 0 aliphatic carbocycles. The molecule has 0 spiro atoms. The average Bonchev–Trinajstić information content (AvgIpc) is 2.89. The van der Waals surface area contributed by atoms with E-state index in [-0.39, 0.29) is 22.5 Å². The number of ketones is 1. The lowest BCUT2D eigenvalue weighted by atomic mass is 10.1. The Balaban J connectivity index is 1.68. The van der Waals surface area contributed by atoms with Crippen LogP contribution in [0.2, 0.25) is 0 Å². The first-order valence-electron chi connectivity index (χ1n) is 7.73. The molecule has 1 heterocycles. The summed E-state index contributed by atoms with van der Waals surface area (Å²) in [6.45, 7) is -0.435. The molecule has 3 rings (SSSR count). The highest BCUT2D eigenvalue weighted by Crippen LogP contribution is 2.23. The van der Waals surface area contributed by atoms with Crippen LogP contribution in [0.5, 0.6) is 5.75 Å². The van der Waals surface area contributed by atoms with Gasteiger partial charge in [0.05, 0.1) is 23.8 Å². The Morgan fingerprint density at radius 2 is 1.54 bits per heavy atom. The maximum absolute atomic E-state index is 12.1. The van der Waals surface area contributed by atoms with Gasteiger partial charge < -0.3 is 9.47 Å². The zero-order chi connectivity index (χ0) is 18.8. The summed E-state index contributed by atoms with van der Waals surface area (Å²) in [4.78, 5) is 49.0. The third kappa shape index (κ3) is 3.06. The highest BCUT2D eigenvalue weighted by atomic mass is 16.5. The zero-order valence-corrected chi connectivity index (χ0v) is 14.1. The molecule has 0 atom stereocenters. The molecule has 2 aromatic carbocycles. The molecule has 0 saturated carbocycles. The van der Waals surface area contributed by atoms with Crippen molar-refractivity contribution < 1.29 is 28.7 Å². The zero-order valence-electron chi connectivity index (χ0n) is 14.1. The van der Waals surface area contributed by atoms with E-state index in [1.807, 2.05) is 0 Å². The molecule has 7 heteroatoms. The summed E-state index contributed by atoms with van der Waals surface area (Å²) in [6, 6.07) is 10.5. The van der Waals surface area contributed by atoms with E-state index in [1.165, 1.54) is 32.4 Å². The largest absolute Gasteiger partial charge is 0.497 e. The molecule has 0 bridgehead atoms. The van der Waals surface area contributed by atoms with E-state index < -0.39 is 24.4 Å². The smallest absolute Gasteiger partial charge is 0.338 e. The van der Waals surface area contributed by atoms with Crippen molar-refractivity contribution in [1.29, 1.82) is 0 Å². The second-order valence-corrected chi connectivity index (χ2v) is 5.66. The van der Waals surface area contributed by atoms with Gasteiger partial charge >= 0.3 is 5.97 Å². The highest BCUT2D eigenvalue weighted by Gasteiger charge is 2.33. The van der Waals surface area contributed by atoms with Gasteiger partial charge in [-0.15, -0.1) is 0 Å². The second-order valence-electron chi connectivity index (χ2n) is 5.66. The molecule has 0 radical (unpaired) electrons. The first-order valence-corrected chi connectivity index (χ1v) is 7.73. The third-order valence-electron chi connectivity index (χ3n) is 4.07. The fraction of sp³-hybridized carbons (Fsp3) is 0.158. The number of esters is 1. The van der Waals surface area contributed by atoms with Crippen LogP contribution in [0.1, 0.15) is 41.4 Å². The van der Waals surface area contributed by atoms with Crippen molar-refractivity contribution in [3.63, 3.8) is 0 Å². The standard InChI is InChI=1S/C19H15NO6/c1-20-17(22)14-8-5-12(9-15(14)18(20)23)19(24)26-10-16(21)11-3-6-13(25-2)7-4-11/h3-9H,10H2,1-2H3. The van der Waals surface area contributed by atoms with Gasteiger partial charge in [0.25, 0.3) is 11.8 Å². The lowest BCUT2D eigenvalue weighted by Gasteiger charge is -2.06. The first kappa shape index (κ1) is 17.3. The van der Waals surface area contributed by atoms with Gasteiger partial charge in [-0.3, -0.25) is 19.3 Å². The molecule has 1 aliphatic heterocycles. The predicted molar refractivity (Wildman–Crippen MR) is 90.5 cm³/mol. The fourth-order valence-corrected chi connectivity index (χ4v) is 2.56. The molecule has 2 amide bonds. The first-order chi connectivity index (χ1) is 12.4. The summed E-state index contributed by atoms with van der Waals surface area (Å²) >= 11 is 0. The molecular formula is C19H15NO6. The van der Waals surface area contributed by atoms with Crippen LogP contribution in [0.3, 0.4) is 0 Å². The second kappa shape index (κ2) is 6.79. The lowest BCUT2D eigenvalue weighted by Crippen LogP contribution is -2.24. The SMILES string of the molecule is COc1ccc(C(=O)COC(=O)c2ccc3c(c2)C(=O)N(C)C3=O)cc1. The Kier molecular flexibility index (Phi) is 4.53.